The highest BCUT2D eigenvalue weighted by Crippen LogP contribution is 2.21. The zero-order valence-corrected chi connectivity index (χ0v) is 42.0. The Morgan fingerprint density at radius 3 is 1.02 bits per heavy atom. The molecular weight excluding hydrogens is 821 g/mol. The fraction of sp³-hybridized carbons (Fsp3) is 0.709. The zero-order chi connectivity index (χ0) is 48.0. The number of carboxylic acid groups (broad SMARTS) is 1. The molecule has 370 valence electrons. The second-order valence-electron chi connectivity index (χ2n) is 19.4. The van der Waals surface area contributed by atoms with Crippen LogP contribution in [-0.4, -0.2) is 60.5 Å². The minimum absolute atomic E-state index is 0.0902. The molecule has 0 spiro atoms. The number of carbonyl (C=O) groups is 4. The van der Waals surface area contributed by atoms with Gasteiger partial charge in [0.05, 0.1) is 31.5 Å². The minimum atomic E-state index is -0.678. The van der Waals surface area contributed by atoms with E-state index >= 15 is 0 Å². The molecule has 2 aromatic carbocycles. The maximum Gasteiger partial charge on any atom is 0.338 e. The minimum Gasteiger partial charge on any atom is -0.494 e. The Balaban J connectivity index is 0.000000650. The van der Waals surface area contributed by atoms with Crippen molar-refractivity contribution in [3.8, 4) is 11.5 Å². The number of ether oxygens (including phenoxy) is 5. The van der Waals surface area contributed by atoms with Crippen LogP contribution >= 0.6 is 0 Å². The molecular formula is C55H90O10. The van der Waals surface area contributed by atoms with Gasteiger partial charge in [0.15, 0.2) is 0 Å². The first-order valence-electron chi connectivity index (χ1n) is 25.3. The molecule has 0 aliphatic heterocycles. The van der Waals surface area contributed by atoms with Crippen molar-refractivity contribution >= 4 is 23.9 Å². The number of hydrogen-bond donors (Lipinski definition) is 1. The number of unbranched alkanes of at least 4 members (excludes halogenated alkanes) is 24. The van der Waals surface area contributed by atoms with Crippen LogP contribution in [0.3, 0.4) is 0 Å². The number of methoxy groups -OCH3 is 1. The first-order chi connectivity index (χ1) is 31.1. The van der Waals surface area contributed by atoms with E-state index in [9.17, 15) is 19.2 Å². The van der Waals surface area contributed by atoms with Crippen LogP contribution in [0.2, 0.25) is 0 Å². The summed E-state index contributed by atoms with van der Waals surface area (Å²) < 4.78 is 27.1. The molecule has 0 aromatic heterocycles. The third-order valence-corrected chi connectivity index (χ3v) is 10.8. The van der Waals surface area contributed by atoms with Crippen LogP contribution in [0.5, 0.6) is 11.5 Å². The number of benzene rings is 2. The van der Waals surface area contributed by atoms with Gasteiger partial charge < -0.3 is 28.8 Å². The van der Waals surface area contributed by atoms with E-state index in [1.807, 2.05) is 65.8 Å². The maximum atomic E-state index is 12.2. The summed E-state index contributed by atoms with van der Waals surface area (Å²) in [4.78, 5) is 45.8. The number of rotatable bonds is 36. The van der Waals surface area contributed by atoms with Gasteiger partial charge in [-0.3, -0.25) is 9.59 Å². The van der Waals surface area contributed by atoms with Crippen molar-refractivity contribution in [3.05, 3.63) is 59.7 Å². The SMILES string of the molecule is CC(C)(C)OC(=O)c1cccc(OCCCCCCCCCCCCCCCC(=O)O)c1.COC(=O)CCCCCCCCCCCCCCCOc1cccc(C(=O)OC(C)(C)C)c1. The lowest BCUT2D eigenvalue weighted by atomic mass is 10.0. The second-order valence-corrected chi connectivity index (χ2v) is 19.4. The second kappa shape index (κ2) is 37.1. The smallest absolute Gasteiger partial charge is 0.338 e. The first-order valence-corrected chi connectivity index (χ1v) is 25.3. The molecule has 0 radical (unpaired) electrons. The summed E-state index contributed by atoms with van der Waals surface area (Å²) >= 11 is 0. The Kier molecular flexibility index (Phi) is 33.6. The quantitative estimate of drug-likeness (QED) is 0.0400. The van der Waals surface area contributed by atoms with Crippen molar-refractivity contribution in [1.82, 2.24) is 0 Å². The van der Waals surface area contributed by atoms with E-state index in [1.165, 1.54) is 136 Å². The van der Waals surface area contributed by atoms with E-state index in [0.29, 0.717) is 37.2 Å². The number of hydrogen-bond acceptors (Lipinski definition) is 9. The van der Waals surface area contributed by atoms with E-state index in [2.05, 4.69) is 4.74 Å². The van der Waals surface area contributed by atoms with Crippen LogP contribution in [0, 0.1) is 0 Å². The summed E-state index contributed by atoms with van der Waals surface area (Å²) in [5, 5.41) is 8.60. The van der Waals surface area contributed by atoms with Crippen molar-refractivity contribution < 1.29 is 48.0 Å². The highest BCUT2D eigenvalue weighted by molar-refractivity contribution is 5.90. The Morgan fingerprint density at radius 2 is 0.723 bits per heavy atom. The van der Waals surface area contributed by atoms with Crippen LogP contribution in [0.1, 0.15) is 242 Å². The van der Waals surface area contributed by atoms with Crippen molar-refractivity contribution in [2.45, 2.75) is 233 Å². The van der Waals surface area contributed by atoms with Gasteiger partial charge in [-0.15, -0.1) is 0 Å². The Morgan fingerprint density at radius 1 is 0.431 bits per heavy atom. The van der Waals surface area contributed by atoms with Gasteiger partial charge in [0.2, 0.25) is 0 Å². The number of carboxylic acids is 1. The van der Waals surface area contributed by atoms with Crippen LogP contribution in [-0.2, 0) is 23.8 Å². The third-order valence-electron chi connectivity index (χ3n) is 10.8. The van der Waals surface area contributed by atoms with E-state index < -0.39 is 17.2 Å². The number of carbonyl (C=O) groups excluding carboxylic acids is 3. The molecule has 10 nitrogen and oxygen atoms in total. The molecule has 0 saturated carbocycles. The summed E-state index contributed by atoms with van der Waals surface area (Å²) in [6.07, 6.45) is 32.3. The highest BCUT2D eigenvalue weighted by Gasteiger charge is 2.19. The number of esters is 3. The molecule has 1 N–H and O–H groups in total. The Hall–Kier alpha value is -4.08. The third kappa shape index (κ3) is 36.8. The Labute approximate surface area is 394 Å². The maximum absolute atomic E-state index is 12.2. The highest BCUT2D eigenvalue weighted by atomic mass is 16.6. The summed E-state index contributed by atoms with van der Waals surface area (Å²) in [7, 11) is 1.45. The summed E-state index contributed by atoms with van der Waals surface area (Å²) in [6, 6.07) is 14.5. The van der Waals surface area contributed by atoms with Gasteiger partial charge in [-0.05, 0) is 104 Å². The monoisotopic (exact) mass is 911 g/mol. The molecule has 10 heteroatoms. The molecule has 0 amide bonds. The molecule has 0 aliphatic rings. The van der Waals surface area contributed by atoms with Gasteiger partial charge in [-0.25, -0.2) is 9.59 Å². The Bertz CT molecular complexity index is 1540. The van der Waals surface area contributed by atoms with E-state index in [-0.39, 0.29) is 17.9 Å². The van der Waals surface area contributed by atoms with Gasteiger partial charge in [-0.1, -0.05) is 153 Å². The largest absolute Gasteiger partial charge is 0.494 e. The molecule has 0 bridgehead atoms. The van der Waals surface area contributed by atoms with Gasteiger partial charge in [0.1, 0.15) is 22.7 Å². The fourth-order valence-electron chi connectivity index (χ4n) is 7.22. The average molecular weight is 911 g/mol. The van der Waals surface area contributed by atoms with E-state index in [4.69, 9.17) is 24.1 Å². The molecule has 65 heavy (non-hydrogen) atoms. The molecule has 0 unspecified atom stereocenters. The van der Waals surface area contributed by atoms with E-state index in [1.54, 1.807) is 24.3 Å². The fourth-order valence-corrected chi connectivity index (χ4v) is 7.22. The van der Waals surface area contributed by atoms with Crippen molar-refractivity contribution in [2.75, 3.05) is 20.3 Å². The molecule has 2 aromatic rings. The van der Waals surface area contributed by atoms with Crippen LogP contribution < -0.4 is 9.47 Å². The predicted molar refractivity (Wildman–Crippen MR) is 263 cm³/mol. The lowest BCUT2D eigenvalue weighted by Crippen LogP contribution is -2.23. The van der Waals surface area contributed by atoms with Gasteiger partial charge in [-0.2, -0.15) is 0 Å². The predicted octanol–water partition coefficient (Wildman–Crippen LogP) is 15.2. The molecule has 0 atom stereocenters. The van der Waals surface area contributed by atoms with Gasteiger partial charge in [0, 0.05) is 12.8 Å². The normalized spacial score (nSPS) is 11.3. The molecule has 0 heterocycles. The van der Waals surface area contributed by atoms with Gasteiger partial charge >= 0.3 is 23.9 Å². The van der Waals surface area contributed by atoms with E-state index in [0.717, 1.165) is 50.0 Å². The summed E-state index contributed by atoms with van der Waals surface area (Å²) in [6.45, 7) is 12.5. The van der Waals surface area contributed by atoms with Crippen molar-refractivity contribution in [3.63, 3.8) is 0 Å². The average Bonchev–Trinajstić information content (AvgIpc) is 3.25. The van der Waals surface area contributed by atoms with Crippen LogP contribution in [0.4, 0.5) is 0 Å². The van der Waals surface area contributed by atoms with Crippen molar-refractivity contribution in [2.24, 2.45) is 0 Å². The van der Waals surface area contributed by atoms with Crippen molar-refractivity contribution in [1.29, 1.82) is 0 Å². The van der Waals surface area contributed by atoms with Crippen LogP contribution in [0.15, 0.2) is 48.5 Å². The lowest BCUT2D eigenvalue weighted by Gasteiger charge is -2.19. The molecule has 0 saturated heterocycles. The first kappa shape index (κ1) is 58.9. The molecule has 2 rings (SSSR count). The standard InChI is InChI=1S/C28H46O5.C27H44O5/c1-28(2,3)33-27(30)24-19-18-20-25(23-24)32-22-17-15-13-11-9-7-5-6-8-10-12-14-16-21-26(29)31-4;1-27(2,3)32-26(30)23-18-17-19-24(22-23)31-21-16-14-12-10-8-6-4-5-7-9-11-13-15-20-25(28)29/h18-20,23H,5-17,21-22H2,1-4H3;17-19,22H,4-16,20-21H2,1-3H3,(H,28,29). The molecule has 0 fully saturated rings. The molecule has 0 aliphatic carbocycles. The van der Waals surface area contributed by atoms with Crippen LogP contribution in [0.25, 0.3) is 0 Å². The number of aliphatic carboxylic acids is 1. The summed E-state index contributed by atoms with van der Waals surface area (Å²) in [5.41, 5.74) is 0.0525. The summed E-state index contributed by atoms with van der Waals surface area (Å²) in [5.74, 6) is 0.0366. The topological polar surface area (TPSA) is 135 Å². The lowest BCUT2D eigenvalue weighted by molar-refractivity contribution is -0.141. The van der Waals surface area contributed by atoms with Gasteiger partial charge in [0.25, 0.3) is 0 Å². The zero-order valence-electron chi connectivity index (χ0n) is 42.0.